The molecule has 1 fully saturated rings. The van der Waals surface area contributed by atoms with E-state index >= 15 is 0 Å². The molecule has 0 aromatic heterocycles. The summed E-state index contributed by atoms with van der Waals surface area (Å²) in [5.74, 6) is 0. The molecule has 0 bridgehead atoms. The fourth-order valence-electron chi connectivity index (χ4n) is 11.0. The van der Waals surface area contributed by atoms with Crippen molar-refractivity contribution in [3.05, 3.63) is 254 Å². The van der Waals surface area contributed by atoms with Crippen LogP contribution >= 0.6 is 0 Å². The Labute approximate surface area is 388 Å². The molecule has 0 amide bonds. The molecule has 2 heteroatoms. The van der Waals surface area contributed by atoms with E-state index in [2.05, 4.69) is 252 Å². The smallest absolute Gasteiger partial charge is 0.0540 e. The molecule has 1 spiro atoms. The van der Waals surface area contributed by atoms with Gasteiger partial charge in [0.25, 0.3) is 0 Å². The number of rotatable bonds is 9. The van der Waals surface area contributed by atoms with Crippen LogP contribution in [0, 0.1) is 0 Å². The maximum absolute atomic E-state index is 2.47. The molecule has 0 atom stereocenters. The lowest BCUT2D eigenvalue weighted by Crippen LogP contribution is -2.28. The summed E-state index contributed by atoms with van der Waals surface area (Å²) in [5, 5.41) is 2.47. The third-order valence-corrected chi connectivity index (χ3v) is 14.3. The Morgan fingerprint density at radius 2 is 0.712 bits per heavy atom. The van der Waals surface area contributed by atoms with Gasteiger partial charge in [0.15, 0.2) is 0 Å². The van der Waals surface area contributed by atoms with E-state index in [4.69, 9.17) is 0 Å². The summed E-state index contributed by atoms with van der Waals surface area (Å²) in [7, 11) is 0. The van der Waals surface area contributed by atoms with Crippen LogP contribution in [-0.2, 0) is 5.41 Å². The molecule has 2 aliphatic rings. The summed E-state index contributed by atoms with van der Waals surface area (Å²) in [4.78, 5) is 4.82. The van der Waals surface area contributed by atoms with Gasteiger partial charge in [-0.3, -0.25) is 0 Å². The first-order valence-electron chi connectivity index (χ1n) is 23.5. The van der Waals surface area contributed by atoms with Crippen molar-refractivity contribution in [1.29, 1.82) is 0 Å². The van der Waals surface area contributed by atoms with E-state index in [1.807, 2.05) is 0 Å². The second kappa shape index (κ2) is 16.9. The highest BCUT2D eigenvalue weighted by Gasteiger charge is 2.43. The van der Waals surface area contributed by atoms with Gasteiger partial charge in [0.1, 0.15) is 0 Å². The number of benzene rings is 10. The average Bonchev–Trinajstić information content (AvgIpc) is 3.65. The maximum atomic E-state index is 2.47. The summed E-state index contributed by atoms with van der Waals surface area (Å²) in [6.45, 7) is 0. The molecule has 66 heavy (non-hydrogen) atoms. The molecule has 1 saturated carbocycles. The van der Waals surface area contributed by atoms with Crippen molar-refractivity contribution in [3.8, 4) is 44.5 Å². The van der Waals surface area contributed by atoms with Crippen LogP contribution < -0.4 is 9.80 Å². The Bertz CT molecular complexity index is 3210. The largest absolute Gasteiger partial charge is 0.311 e. The molecule has 0 radical (unpaired) electrons. The van der Waals surface area contributed by atoms with Gasteiger partial charge in [0, 0.05) is 39.2 Å². The standard InChI is InChI=1S/C64H50N2/c1-4-15-46(16-5-1)48-25-33-53(34-26-48)65(54-35-27-49(28-36-54)47-17-6-2-7-18-47)55-37-29-50(30-38-55)51-31-39-56(40-32-51)66(63-24-14-20-52-19-8-9-21-58(52)63)57-41-42-62-60(45-57)59-22-10-11-23-61(59)64(62)43-12-3-13-44-64/h1-2,4-11,14-42,45H,3,12-13,43-44H2. The summed E-state index contributed by atoms with van der Waals surface area (Å²) >= 11 is 0. The lowest BCUT2D eigenvalue weighted by atomic mass is 9.68. The van der Waals surface area contributed by atoms with Crippen LogP contribution in [0.1, 0.15) is 43.2 Å². The summed E-state index contributed by atoms with van der Waals surface area (Å²) < 4.78 is 0. The maximum Gasteiger partial charge on any atom is 0.0540 e. The van der Waals surface area contributed by atoms with Gasteiger partial charge in [0.05, 0.1) is 5.69 Å². The minimum absolute atomic E-state index is 0.126. The van der Waals surface area contributed by atoms with Gasteiger partial charge in [-0.25, -0.2) is 0 Å². The van der Waals surface area contributed by atoms with Crippen molar-refractivity contribution in [2.75, 3.05) is 9.80 Å². The normalized spacial score (nSPS) is 13.6. The van der Waals surface area contributed by atoms with Crippen LogP contribution in [0.15, 0.2) is 243 Å². The Morgan fingerprint density at radius 3 is 1.27 bits per heavy atom. The Balaban J connectivity index is 0.900. The van der Waals surface area contributed by atoms with Crippen LogP contribution in [-0.4, -0.2) is 0 Å². The predicted molar refractivity (Wildman–Crippen MR) is 279 cm³/mol. The minimum Gasteiger partial charge on any atom is -0.311 e. The lowest BCUT2D eigenvalue weighted by molar-refractivity contribution is 0.353. The highest BCUT2D eigenvalue weighted by atomic mass is 15.1. The summed E-state index contributed by atoms with van der Waals surface area (Å²) in [6, 6.07) is 89.2. The van der Waals surface area contributed by atoms with E-state index in [9.17, 15) is 0 Å². The first-order valence-corrected chi connectivity index (χ1v) is 23.5. The van der Waals surface area contributed by atoms with E-state index < -0.39 is 0 Å². The van der Waals surface area contributed by atoms with Gasteiger partial charge in [-0.05, 0) is 141 Å². The molecule has 10 aromatic carbocycles. The molecule has 0 heterocycles. The van der Waals surface area contributed by atoms with Crippen LogP contribution in [0.25, 0.3) is 55.3 Å². The monoisotopic (exact) mass is 846 g/mol. The van der Waals surface area contributed by atoms with Crippen molar-refractivity contribution in [2.24, 2.45) is 0 Å². The summed E-state index contributed by atoms with van der Waals surface area (Å²) in [6.07, 6.45) is 6.37. The van der Waals surface area contributed by atoms with E-state index in [1.165, 1.54) is 110 Å². The Hall–Kier alpha value is -7.94. The van der Waals surface area contributed by atoms with E-state index in [1.54, 1.807) is 0 Å². The molecule has 2 nitrogen and oxygen atoms in total. The Morgan fingerprint density at radius 1 is 0.288 bits per heavy atom. The first-order chi connectivity index (χ1) is 32.7. The molecule has 316 valence electrons. The zero-order chi connectivity index (χ0) is 43.9. The number of anilines is 6. The molecule has 12 rings (SSSR count). The zero-order valence-electron chi connectivity index (χ0n) is 37.0. The van der Waals surface area contributed by atoms with Gasteiger partial charge in [-0.1, -0.05) is 195 Å². The Kier molecular flexibility index (Phi) is 10.1. The van der Waals surface area contributed by atoms with Gasteiger partial charge >= 0.3 is 0 Å². The number of hydrogen-bond acceptors (Lipinski definition) is 2. The topological polar surface area (TPSA) is 6.48 Å². The fraction of sp³-hybridized carbons (Fsp3) is 0.0938. The second-order valence-electron chi connectivity index (χ2n) is 18.0. The van der Waals surface area contributed by atoms with E-state index in [0.717, 1.165) is 22.7 Å². The lowest BCUT2D eigenvalue weighted by Gasteiger charge is -2.36. The van der Waals surface area contributed by atoms with Gasteiger partial charge < -0.3 is 9.80 Å². The number of hydrogen-bond donors (Lipinski definition) is 0. The molecule has 2 aliphatic carbocycles. The molecule has 0 saturated heterocycles. The minimum atomic E-state index is 0.126. The van der Waals surface area contributed by atoms with Crippen molar-refractivity contribution >= 4 is 44.9 Å². The zero-order valence-corrected chi connectivity index (χ0v) is 37.0. The van der Waals surface area contributed by atoms with Crippen LogP contribution in [0.2, 0.25) is 0 Å². The van der Waals surface area contributed by atoms with Crippen LogP contribution in [0.4, 0.5) is 34.1 Å². The molecule has 0 unspecified atom stereocenters. The number of fused-ring (bicyclic) bond motifs is 6. The molecule has 0 N–H and O–H groups in total. The average molecular weight is 847 g/mol. The molecule has 10 aromatic rings. The third kappa shape index (κ3) is 7.07. The molecular weight excluding hydrogens is 797 g/mol. The highest BCUT2D eigenvalue weighted by molar-refractivity contribution is 6.00. The number of nitrogens with zero attached hydrogens (tertiary/aromatic N) is 2. The quantitative estimate of drug-likeness (QED) is 0.143. The highest BCUT2D eigenvalue weighted by Crippen LogP contribution is 2.57. The predicted octanol–water partition coefficient (Wildman–Crippen LogP) is 18.0. The van der Waals surface area contributed by atoms with E-state index in [-0.39, 0.29) is 5.41 Å². The van der Waals surface area contributed by atoms with Crippen LogP contribution in [0.3, 0.4) is 0 Å². The fourth-order valence-corrected chi connectivity index (χ4v) is 11.0. The first kappa shape index (κ1) is 39.6. The van der Waals surface area contributed by atoms with Crippen molar-refractivity contribution in [2.45, 2.75) is 37.5 Å². The van der Waals surface area contributed by atoms with Crippen molar-refractivity contribution < 1.29 is 0 Å². The van der Waals surface area contributed by atoms with Gasteiger partial charge in [0.2, 0.25) is 0 Å². The van der Waals surface area contributed by atoms with Crippen molar-refractivity contribution in [1.82, 2.24) is 0 Å². The SMILES string of the molecule is c1ccc(-c2ccc(N(c3ccc(-c4ccccc4)cc3)c3ccc(-c4ccc(N(c5ccc6c(c5)-c5ccccc5C65CCCCC5)c5cccc6ccccc56)cc4)cc3)cc2)cc1. The van der Waals surface area contributed by atoms with Crippen LogP contribution in [0.5, 0.6) is 0 Å². The second-order valence-corrected chi connectivity index (χ2v) is 18.0. The van der Waals surface area contributed by atoms with E-state index in [0.29, 0.717) is 0 Å². The summed E-state index contributed by atoms with van der Waals surface area (Å²) in [5.41, 5.74) is 19.9. The van der Waals surface area contributed by atoms with Gasteiger partial charge in [-0.15, -0.1) is 0 Å². The van der Waals surface area contributed by atoms with Gasteiger partial charge in [-0.2, -0.15) is 0 Å². The molecular formula is C64H50N2. The molecule has 0 aliphatic heterocycles. The third-order valence-electron chi connectivity index (χ3n) is 14.3. The van der Waals surface area contributed by atoms with Crippen molar-refractivity contribution in [3.63, 3.8) is 0 Å².